The average molecular weight is 323 g/mol. The smallest absolute Gasteiger partial charge is 0.329 e. The Balaban J connectivity index is 2.63. The van der Waals surface area contributed by atoms with Crippen molar-refractivity contribution in [3.8, 4) is 0 Å². The zero-order valence-electron chi connectivity index (χ0n) is 12.9. The maximum absolute atomic E-state index is 11.9. The van der Waals surface area contributed by atoms with Crippen LogP contribution in [0.15, 0.2) is 24.3 Å². The topological polar surface area (TPSA) is 128 Å². The molecule has 0 spiro atoms. The highest BCUT2D eigenvalue weighted by Crippen LogP contribution is 2.17. The van der Waals surface area contributed by atoms with Crippen molar-refractivity contribution in [3.05, 3.63) is 34.4 Å². The van der Waals surface area contributed by atoms with Crippen LogP contribution in [0, 0.1) is 10.1 Å². The lowest BCUT2D eigenvalue weighted by Crippen LogP contribution is -2.41. The van der Waals surface area contributed by atoms with E-state index in [1.54, 1.807) is 0 Å². The summed E-state index contributed by atoms with van der Waals surface area (Å²) in [7, 11) is 0. The Hall–Kier alpha value is -2.97. The molecule has 2 N–H and O–H groups in total. The fourth-order valence-electron chi connectivity index (χ4n) is 1.63. The highest BCUT2D eigenvalue weighted by atomic mass is 16.6. The van der Waals surface area contributed by atoms with E-state index in [0.29, 0.717) is 0 Å². The van der Waals surface area contributed by atoms with Gasteiger partial charge in [-0.1, -0.05) is 6.07 Å². The summed E-state index contributed by atoms with van der Waals surface area (Å²) < 4.78 is 4.93. The maximum Gasteiger partial charge on any atom is 0.329 e. The number of benzene rings is 1. The molecule has 1 rings (SSSR count). The van der Waals surface area contributed by atoms with Crippen molar-refractivity contribution in [1.82, 2.24) is 5.32 Å². The van der Waals surface area contributed by atoms with Gasteiger partial charge in [0.2, 0.25) is 5.91 Å². The minimum absolute atomic E-state index is 0.174. The van der Waals surface area contributed by atoms with Gasteiger partial charge in [0.15, 0.2) is 6.10 Å². The first kappa shape index (κ1) is 18.1. The van der Waals surface area contributed by atoms with Crippen molar-refractivity contribution in [2.75, 3.05) is 5.32 Å². The standard InChI is InChI=1S/C14H17N3O6/c1-8(15-10(3)18)14(20)23-9(2)13(19)16-11-5-4-6-12(7-11)17(21)22/h4-9H,1-3H3,(H,15,18)(H,16,19)/t8-,9+/m0/s1. The number of carbonyl (C=O) groups excluding carboxylic acids is 3. The molecule has 0 unspecified atom stereocenters. The number of carbonyl (C=O) groups is 3. The molecule has 0 heterocycles. The minimum Gasteiger partial charge on any atom is -0.451 e. The van der Waals surface area contributed by atoms with Crippen LogP contribution in [-0.4, -0.2) is 34.9 Å². The Morgan fingerprint density at radius 2 is 1.91 bits per heavy atom. The van der Waals surface area contributed by atoms with Crippen molar-refractivity contribution in [2.24, 2.45) is 0 Å². The number of esters is 1. The second kappa shape index (κ2) is 7.87. The number of hydrogen-bond acceptors (Lipinski definition) is 6. The maximum atomic E-state index is 11.9. The fraction of sp³-hybridized carbons (Fsp3) is 0.357. The van der Waals surface area contributed by atoms with E-state index in [-0.39, 0.29) is 11.4 Å². The molecule has 0 bridgehead atoms. The van der Waals surface area contributed by atoms with E-state index in [9.17, 15) is 24.5 Å². The summed E-state index contributed by atoms with van der Waals surface area (Å²) in [5.41, 5.74) is 0.0359. The van der Waals surface area contributed by atoms with E-state index >= 15 is 0 Å². The number of amides is 2. The molecule has 0 radical (unpaired) electrons. The summed E-state index contributed by atoms with van der Waals surface area (Å²) in [5, 5.41) is 15.4. The molecule has 0 saturated heterocycles. The number of ether oxygens (including phenoxy) is 1. The molecule has 0 aliphatic rings. The van der Waals surface area contributed by atoms with Gasteiger partial charge in [-0.3, -0.25) is 19.7 Å². The van der Waals surface area contributed by atoms with Crippen LogP contribution < -0.4 is 10.6 Å². The Kier molecular flexibility index (Phi) is 6.19. The minimum atomic E-state index is -1.13. The van der Waals surface area contributed by atoms with E-state index in [0.717, 1.165) is 0 Å². The van der Waals surface area contributed by atoms with Gasteiger partial charge in [0.25, 0.3) is 11.6 Å². The number of non-ortho nitro benzene ring substituents is 1. The molecule has 2 atom stereocenters. The van der Waals surface area contributed by atoms with Gasteiger partial charge in [0, 0.05) is 24.7 Å². The number of anilines is 1. The average Bonchev–Trinajstić information content (AvgIpc) is 2.46. The Labute approximate surface area is 132 Å². The first-order valence-electron chi connectivity index (χ1n) is 6.73. The highest BCUT2D eigenvalue weighted by Gasteiger charge is 2.22. The number of nitrogens with one attached hydrogen (secondary N) is 2. The molecule has 1 aromatic rings. The largest absolute Gasteiger partial charge is 0.451 e. The van der Waals surface area contributed by atoms with Crippen molar-refractivity contribution in [2.45, 2.75) is 32.9 Å². The Bertz CT molecular complexity index is 631. The van der Waals surface area contributed by atoms with Crippen molar-refractivity contribution >= 4 is 29.2 Å². The van der Waals surface area contributed by atoms with E-state index in [1.807, 2.05) is 0 Å². The molecular formula is C14H17N3O6. The zero-order valence-corrected chi connectivity index (χ0v) is 12.9. The van der Waals surface area contributed by atoms with Crippen LogP contribution in [0.4, 0.5) is 11.4 Å². The lowest BCUT2D eigenvalue weighted by atomic mass is 10.2. The third kappa shape index (κ3) is 5.73. The first-order chi connectivity index (χ1) is 10.7. The number of nitrogens with zero attached hydrogens (tertiary/aromatic N) is 1. The van der Waals surface area contributed by atoms with Crippen molar-refractivity contribution < 1.29 is 24.0 Å². The second-order valence-corrected chi connectivity index (χ2v) is 4.80. The number of nitro benzene ring substituents is 1. The summed E-state index contributed by atoms with van der Waals surface area (Å²) >= 11 is 0. The molecule has 2 amide bonds. The first-order valence-corrected chi connectivity index (χ1v) is 6.73. The normalized spacial score (nSPS) is 12.7. The molecule has 0 saturated carbocycles. The summed E-state index contributed by atoms with van der Waals surface area (Å²) in [4.78, 5) is 44.5. The van der Waals surface area contributed by atoms with Gasteiger partial charge >= 0.3 is 5.97 Å². The van der Waals surface area contributed by atoms with Gasteiger partial charge in [-0.05, 0) is 19.9 Å². The lowest BCUT2D eigenvalue weighted by molar-refractivity contribution is -0.384. The summed E-state index contributed by atoms with van der Waals surface area (Å²) in [5.74, 6) is -1.81. The number of rotatable bonds is 6. The summed E-state index contributed by atoms with van der Waals surface area (Å²) in [6.07, 6.45) is -1.13. The molecule has 0 aliphatic heterocycles. The predicted octanol–water partition coefficient (Wildman–Crippen LogP) is 0.990. The van der Waals surface area contributed by atoms with E-state index in [1.165, 1.54) is 45.0 Å². The number of hydrogen-bond donors (Lipinski definition) is 2. The molecule has 1 aromatic carbocycles. The predicted molar refractivity (Wildman–Crippen MR) is 80.6 cm³/mol. The Morgan fingerprint density at radius 1 is 1.26 bits per heavy atom. The van der Waals surface area contributed by atoms with Crippen LogP contribution in [0.1, 0.15) is 20.8 Å². The molecule has 9 nitrogen and oxygen atoms in total. The molecule has 23 heavy (non-hydrogen) atoms. The molecule has 0 aromatic heterocycles. The Morgan fingerprint density at radius 3 is 2.48 bits per heavy atom. The molecule has 0 fully saturated rings. The lowest BCUT2D eigenvalue weighted by Gasteiger charge is -2.17. The third-order valence-corrected chi connectivity index (χ3v) is 2.76. The van der Waals surface area contributed by atoms with Crippen LogP contribution in [0.5, 0.6) is 0 Å². The van der Waals surface area contributed by atoms with Crippen LogP contribution >= 0.6 is 0 Å². The zero-order chi connectivity index (χ0) is 17.6. The monoisotopic (exact) mass is 323 g/mol. The van der Waals surface area contributed by atoms with Gasteiger partial charge in [-0.15, -0.1) is 0 Å². The van der Waals surface area contributed by atoms with Crippen LogP contribution in [0.25, 0.3) is 0 Å². The van der Waals surface area contributed by atoms with Gasteiger partial charge in [0.1, 0.15) is 6.04 Å². The summed E-state index contributed by atoms with van der Waals surface area (Å²) in [6.45, 7) is 4.03. The van der Waals surface area contributed by atoms with Crippen LogP contribution in [0.3, 0.4) is 0 Å². The van der Waals surface area contributed by atoms with Crippen LogP contribution in [-0.2, 0) is 19.1 Å². The van der Waals surface area contributed by atoms with Crippen molar-refractivity contribution in [1.29, 1.82) is 0 Å². The summed E-state index contributed by atoms with van der Waals surface area (Å²) in [6, 6.07) is 4.48. The quantitative estimate of drug-likeness (QED) is 0.456. The number of nitro groups is 1. The molecule has 0 aliphatic carbocycles. The van der Waals surface area contributed by atoms with E-state index in [4.69, 9.17) is 4.74 Å². The van der Waals surface area contributed by atoms with E-state index in [2.05, 4.69) is 10.6 Å². The van der Waals surface area contributed by atoms with Gasteiger partial charge < -0.3 is 15.4 Å². The second-order valence-electron chi connectivity index (χ2n) is 4.80. The highest BCUT2D eigenvalue weighted by molar-refractivity contribution is 5.95. The van der Waals surface area contributed by atoms with Gasteiger partial charge in [0.05, 0.1) is 4.92 Å². The molecule has 124 valence electrons. The van der Waals surface area contributed by atoms with Gasteiger partial charge in [-0.2, -0.15) is 0 Å². The molecule has 9 heteroatoms. The fourth-order valence-corrected chi connectivity index (χ4v) is 1.63. The van der Waals surface area contributed by atoms with Gasteiger partial charge in [-0.25, -0.2) is 4.79 Å². The third-order valence-electron chi connectivity index (χ3n) is 2.76. The van der Waals surface area contributed by atoms with E-state index < -0.39 is 34.9 Å². The van der Waals surface area contributed by atoms with Crippen LogP contribution in [0.2, 0.25) is 0 Å². The van der Waals surface area contributed by atoms with Crippen molar-refractivity contribution in [3.63, 3.8) is 0 Å². The molecular weight excluding hydrogens is 306 g/mol. The SMILES string of the molecule is CC(=O)N[C@@H](C)C(=O)O[C@H](C)C(=O)Nc1cccc([N+](=O)[O-])c1.